The summed E-state index contributed by atoms with van der Waals surface area (Å²) in [6.45, 7) is 7.23. The molecule has 0 radical (unpaired) electrons. The lowest BCUT2D eigenvalue weighted by molar-refractivity contribution is 0.421. The van der Waals surface area contributed by atoms with Crippen LogP contribution >= 0.6 is 11.8 Å². The molecule has 5 nitrogen and oxygen atoms in total. The van der Waals surface area contributed by atoms with E-state index in [9.17, 15) is 8.42 Å². The van der Waals surface area contributed by atoms with Gasteiger partial charge in [0.05, 0.1) is 0 Å². The first-order chi connectivity index (χ1) is 9.37. The number of nitrogens with one attached hydrogen (secondary N) is 1. The van der Waals surface area contributed by atoms with Crippen molar-refractivity contribution in [2.24, 2.45) is 0 Å². The molecule has 1 aromatic heterocycles. The van der Waals surface area contributed by atoms with Gasteiger partial charge in [0.25, 0.3) is 0 Å². The Labute approximate surface area is 125 Å². The molecule has 1 unspecified atom stereocenters. The summed E-state index contributed by atoms with van der Waals surface area (Å²) in [5.74, 6) is 2.01. The van der Waals surface area contributed by atoms with Crippen molar-refractivity contribution in [3.8, 4) is 0 Å². The molecule has 0 spiro atoms. The second kappa shape index (κ2) is 6.09. The molecule has 2 rings (SSSR count). The van der Waals surface area contributed by atoms with Gasteiger partial charge in [-0.2, -0.15) is 16.1 Å². The second-order valence-electron chi connectivity index (χ2n) is 5.10. The molecule has 0 saturated carbocycles. The third-order valence-corrected chi connectivity index (χ3v) is 6.68. The molecule has 1 aromatic rings. The van der Waals surface area contributed by atoms with E-state index < -0.39 is 10.0 Å². The smallest absolute Gasteiger partial charge is 0.246 e. The van der Waals surface area contributed by atoms with Gasteiger partial charge in [-0.3, -0.25) is 0 Å². The molecule has 1 aliphatic heterocycles. The Balaban J connectivity index is 2.43. The van der Waals surface area contributed by atoms with Crippen LogP contribution in [0.15, 0.2) is 9.31 Å². The van der Waals surface area contributed by atoms with Crippen LogP contribution in [-0.2, 0) is 16.6 Å². The average molecular weight is 318 g/mol. The van der Waals surface area contributed by atoms with Crippen LogP contribution in [0.25, 0.3) is 0 Å². The molecular formula is C13H22N2O3S2. The van der Waals surface area contributed by atoms with Crippen molar-refractivity contribution in [1.29, 1.82) is 0 Å². The zero-order valence-corrected chi connectivity index (χ0v) is 14.0. The topological polar surface area (TPSA) is 62.6 Å². The van der Waals surface area contributed by atoms with Crippen LogP contribution in [0.4, 0.5) is 0 Å². The summed E-state index contributed by atoms with van der Waals surface area (Å²) >= 11 is 1.82. The zero-order valence-electron chi connectivity index (χ0n) is 12.4. The van der Waals surface area contributed by atoms with Crippen LogP contribution in [0.5, 0.6) is 0 Å². The van der Waals surface area contributed by atoms with Gasteiger partial charge in [0.15, 0.2) is 0 Å². The molecule has 0 amide bonds. The van der Waals surface area contributed by atoms with Crippen LogP contribution in [0.2, 0.25) is 0 Å². The van der Waals surface area contributed by atoms with E-state index in [4.69, 9.17) is 4.42 Å². The van der Waals surface area contributed by atoms with Gasteiger partial charge in [-0.1, -0.05) is 6.92 Å². The number of rotatable bonds is 4. The average Bonchev–Trinajstić information content (AvgIpc) is 2.65. The number of furan rings is 1. The highest BCUT2D eigenvalue weighted by Crippen LogP contribution is 2.31. The fourth-order valence-electron chi connectivity index (χ4n) is 2.56. The van der Waals surface area contributed by atoms with Crippen molar-refractivity contribution in [2.75, 3.05) is 25.9 Å². The molecule has 1 atom stereocenters. The van der Waals surface area contributed by atoms with E-state index in [1.54, 1.807) is 18.3 Å². The van der Waals surface area contributed by atoms with E-state index in [-0.39, 0.29) is 0 Å². The van der Waals surface area contributed by atoms with Gasteiger partial charge in [-0.15, -0.1) is 0 Å². The number of thioether (sulfide) groups is 1. The number of hydrogen-bond donors (Lipinski definition) is 1. The van der Waals surface area contributed by atoms with Crippen molar-refractivity contribution in [3.63, 3.8) is 0 Å². The maximum absolute atomic E-state index is 12.9. The van der Waals surface area contributed by atoms with Crippen LogP contribution < -0.4 is 5.32 Å². The Morgan fingerprint density at radius 1 is 1.40 bits per heavy atom. The first-order valence-corrected chi connectivity index (χ1v) is 9.22. The van der Waals surface area contributed by atoms with E-state index in [2.05, 4.69) is 12.2 Å². The summed E-state index contributed by atoms with van der Waals surface area (Å²) in [5, 5.41) is 3.35. The third-order valence-electron chi connectivity index (χ3n) is 3.48. The normalized spacial score (nSPS) is 21.3. The van der Waals surface area contributed by atoms with Gasteiger partial charge < -0.3 is 9.73 Å². The molecule has 1 fully saturated rings. The molecule has 0 aliphatic carbocycles. The van der Waals surface area contributed by atoms with E-state index in [0.29, 0.717) is 41.3 Å². The van der Waals surface area contributed by atoms with E-state index in [1.165, 1.54) is 0 Å². The minimum atomic E-state index is -3.47. The first-order valence-electron chi connectivity index (χ1n) is 6.73. The van der Waals surface area contributed by atoms with Gasteiger partial charge >= 0.3 is 0 Å². The lowest BCUT2D eigenvalue weighted by Crippen LogP contribution is -2.41. The van der Waals surface area contributed by atoms with E-state index in [0.717, 1.165) is 11.3 Å². The minimum Gasteiger partial charge on any atom is -0.465 e. The number of sulfonamides is 1. The summed E-state index contributed by atoms with van der Waals surface area (Å²) in [4.78, 5) is 0.350. The lowest BCUT2D eigenvalue weighted by Gasteiger charge is -2.29. The van der Waals surface area contributed by atoms with Crippen LogP contribution in [-0.4, -0.2) is 43.9 Å². The number of nitrogens with zero attached hydrogens (tertiary/aromatic N) is 1. The van der Waals surface area contributed by atoms with Gasteiger partial charge in [0, 0.05) is 36.2 Å². The Hall–Kier alpha value is -0.500. The summed E-state index contributed by atoms with van der Waals surface area (Å²) < 4.78 is 32.9. The summed E-state index contributed by atoms with van der Waals surface area (Å²) in [5.41, 5.74) is 0.746. The second-order valence-corrected chi connectivity index (χ2v) is 8.52. The SMILES string of the molecule is CNCc1c(C)oc(C)c1S(=O)(=O)N1CCSC(C)C1. The maximum atomic E-state index is 12.9. The monoisotopic (exact) mass is 318 g/mol. The minimum absolute atomic E-state index is 0.333. The molecule has 7 heteroatoms. The Morgan fingerprint density at radius 2 is 2.10 bits per heavy atom. The summed E-state index contributed by atoms with van der Waals surface area (Å²) in [6, 6.07) is 0. The lowest BCUT2D eigenvalue weighted by atomic mass is 10.2. The largest absolute Gasteiger partial charge is 0.465 e. The quantitative estimate of drug-likeness (QED) is 0.916. The van der Waals surface area contributed by atoms with Crippen molar-refractivity contribution in [2.45, 2.75) is 37.5 Å². The van der Waals surface area contributed by atoms with Crippen molar-refractivity contribution in [1.82, 2.24) is 9.62 Å². The van der Waals surface area contributed by atoms with Gasteiger partial charge in [0.2, 0.25) is 10.0 Å². The summed E-state index contributed by atoms with van der Waals surface area (Å²) in [6.07, 6.45) is 0. The predicted octanol–water partition coefficient (Wildman–Crippen LogP) is 1.74. The van der Waals surface area contributed by atoms with Gasteiger partial charge in [-0.05, 0) is 20.9 Å². The highest BCUT2D eigenvalue weighted by Gasteiger charge is 2.34. The van der Waals surface area contributed by atoms with Gasteiger partial charge in [0.1, 0.15) is 16.4 Å². The summed E-state index contributed by atoms with van der Waals surface area (Å²) in [7, 11) is -1.67. The van der Waals surface area contributed by atoms with Crippen LogP contribution in [0.3, 0.4) is 0 Å². The Morgan fingerprint density at radius 3 is 2.70 bits per heavy atom. The van der Waals surface area contributed by atoms with Crippen LogP contribution in [0, 0.1) is 13.8 Å². The Kier molecular flexibility index (Phi) is 4.84. The van der Waals surface area contributed by atoms with E-state index >= 15 is 0 Å². The molecule has 114 valence electrons. The first kappa shape index (κ1) is 15.9. The number of hydrogen-bond acceptors (Lipinski definition) is 5. The molecular weight excluding hydrogens is 296 g/mol. The van der Waals surface area contributed by atoms with Crippen molar-refractivity contribution in [3.05, 3.63) is 17.1 Å². The molecule has 1 aliphatic rings. The van der Waals surface area contributed by atoms with Gasteiger partial charge in [-0.25, -0.2) is 8.42 Å². The molecule has 0 aromatic carbocycles. The third kappa shape index (κ3) is 2.90. The van der Waals surface area contributed by atoms with Crippen molar-refractivity contribution < 1.29 is 12.8 Å². The van der Waals surface area contributed by atoms with E-state index in [1.807, 2.05) is 18.7 Å². The molecule has 20 heavy (non-hydrogen) atoms. The maximum Gasteiger partial charge on any atom is 0.246 e. The fraction of sp³-hybridized carbons (Fsp3) is 0.692. The Bertz CT molecular complexity index is 581. The predicted molar refractivity (Wildman–Crippen MR) is 81.6 cm³/mol. The standard InChI is InChI=1S/C13H22N2O3S2/c1-9-8-15(5-6-19-9)20(16,17)13-11(3)18-10(2)12(13)7-14-4/h9,14H,5-8H2,1-4H3. The zero-order chi connectivity index (χ0) is 14.9. The van der Waals surface area contributed by atoms with Crippen LogP contribution in [0.1, 0.15) is 24.0 Å². The highest BCUT2D eigenvalue weighted by molar-refractivity contribution is 8.00. The highest BCUT2D eigenvalue weighted by atomic mass is 32.2. The van der Waals surface area contributed by atoms with Crippen molar-refractivity contribution >= 4 is 21.8 Å². The molecule has 2 heterocycles. The molecule has 1 N–H and O–H groups in total. The fourth-order valence-corrected chi connectivity index (χ4v) is 5.73. The molecule has 0 bridgehead atoms. The molecule has 1 saturated heterocycles. The number of aryl methyl sites for hydroxylation is 2.